The summed E-state index contributed by atoms with van der Waals surface area (Å²) in [5.41, 5.74) is 0.604. The van der Waals surface area contributed by atoms with Gasteiger partial charge in [0, 0.05) is 11.9 Å². The number of aromatic nitrogens is 1. The maximum atomic E-state index is 13.5. The predicted octanol–water partition coefficient (Wildman–Crippen LogP) is 4.12. The zero-order valence-corrected chi connectivity index (χ0v) is 22.5. The molecule has 4 rings (SSSR count). The minimum atomic E-state index is -4.11. The van der Waals surface area contributed by atoms with E-state index in [0.717, 1.165) is 4.31 Å². The number of carbonyl (C=O) groups is 1. The number of nitrogens with one attached hydrogen (secondary N) is 2. The Kier molecular flexibility index (Phi) is 8.47. The molecule has 0 spiro atoms. The van der Waals surface area contributed by atoms with Crippen molar-refractivity contribution in [2.24, 2.45) is 0 Å². The third kappa shape index (κ3) is 6.92. The van der Waals surface area contributed by atoms with Gasteiger partial charge in [-0.25, -0.2) is 21.8 Å². The van der Waals surface area contributed by atoms with Crippen molar-refractivity contribution in [3.8, 4) is 5.75 Å². The molecule has 2 N–H and O–H groups in total. The average molecular weight is 567 g/mol. The van der Waals surface area contributed by atoms with Crippen molar-refractivity contribution in [3.63, 3.8) is 0 Å². The van der Waals surface area contributed by atoms with E-state index in [0.29, 0.717) is 23.7 Å². The van der Waals surface area contributed by atoms with Crippen LogP contribution in [0.3, 0.4) is 0 Å². The number of hydrogen-bond donors (Lipinski definition) is 2. The molecule has 0 unspecified atom stereocenters. The first-order valence-corrected chi connectivity index (χ1v) is 14.8. The van der Waals surface area contributed by atoms with Gasteiger partial charge < -0.3 is 10.1 Å². The largest absolute Gasteiger partial charge is 0.494 e. The van der Waals surface area contributed by atoms with Crippen LogP contribution in [-0.4, -0.2) is 40.9 Å². The number of ether oxygens (including phenoxy) is 1. The maximum Gasteiger partial charge on any atom is 0.264 e. The molecule has 0 atom stereocenters. The van der Waals surface area contributed by atoms with Crippen molar-refractivity contribution in [2.75, 3.05) is 27.5 Å². The molecular weight excluding hydrogens is 540 g/mol. The van der Waals surface area contributed by atoms with E-state index in [9.17, 15) is 21.6 Å². The van der Waals surface area contributed by atoms with Crippen LogP contribution in [-0.2, 0) is 24.8 Å². The van der Waals surface area contributed by atoms with E-state index in [1.807, 2.05) is 6.92 Å². The van der Waals surface area contributed by atoms with Crippen molar-refractivity contribution >= 4 is 43.1 Å². The van der Waals surface area contributed by atoms with E-state index in [4.69, 9.17) is 4.74 Å². The molecule has 0 saturated carbocycles. The maximum absolute atomic E-state index is 13.5. The van der Waals surface area contributed by atoms with E-state index in [2.05, 4.69) is 15.0 Å². The SMILES string of the molecule is CCOc1ccc(S(=O)(=O)N(CC(=O)Nc2ccc(S(=O)(=O)Nc3ccccn3)cc2)c2ccccc2)cc1. The molecule has 12 heteroatoms. The Hall–Kier alpha value is -4.42. The number of para-hydroxylation sites is 1. The van der Waals surface area contributed by atoms with E-state index < -0.39 is 32.5 Å². The van der Waals surface area contributed by atoms with Gasteiger partial charge in [0.2, 0.25) is 5.91 Å². The molecule has 0 bridgehead atoms. The summed E-state index contributed by atoms with van der Waals surface area (Å²) in [5, 5.41) is 2.63. The lowest BCUT2D eigenvalue weighted by atomic mass is 10.3. The van der Waals surface area contributed by atoms with Gasteiger partial charge in [-0.2, -0.15) is 0 Å². The first-order chi connectivity index (χ1) is 18.7. The third-order valence-corrected chi connectivity index (χ3v) is 8.57. The Labute approximate surface area is 227 Å². The molecular formula is C27H26N4O6S2. The zero-order valence-electron chi connectivity index (χ0n) is 20.9. The first-order valence-electron chi connectivity index (χ1n) is 11.8. The van der Waals surface area contributed by atoms with Crippen molar-refractivity contribution in [1.29, 1.82) is 0 Å². The van der Waals surface area contributed by atoms with Gasteiger partial charge in [0.1, 0.15) is 18.1 Å². The van der Waals surface area contributed by atoms with Crippen LogP contribution in [0.4, 0.5) is 17.2 Å². The molecule has 0 radical (unpaired) electrons. The zero-order chi connectivity index (χ0) is 27.9. The molecule has 202 valence electrons. The molecule has 0 aliphatic rings. The molecule has 39 heavy (non-hydrogen) atoms. The molecule has 1 amide bonds. The highest BCUT2D eigenvalue weighted by molar-refractivity contribution is 7.93. The summed E-state index contributed by atoms with van der Waals surface area (Å²) in [7, 11) is -8.00. The lowest BCUT2D eigenvalue weighted by Gasteiger charge is -2.24. The van der Waals surface area contributed by atoms with Crippen molar-refractivity contribution in [2.45, 2.75) is 16.7 Å². The van der Waals surface area contributed by atoms with Crippen LogP contribution in [0, 0.1) is 0 Å². The highest BCUT2D eigenvalue weighted by Crippen LogP contribution is 2.25. The average Bonchev–Trinajstić information content (AvgIpc) is 2.93. The number of amides is 1. The van der Waals surface area contributed by atoms with E-state index >= 15 is 0 Å². The van der Waals surface area contributed by atoms with E-state index in [-0.39, 0.29) is 15.6 Å². The molecule has 0 aliphatic carbocycles. The second-order valence-electron chi connectivity index (χ2n) is 8.14. The number of hydrogen-bond acceptors (Lipinski definition) is 7. The van der Waals surface area contributed by atoms with Crippen LogP contribution < -0.4 is 19.1 Å². The highest BCUT2D eigenvalue weighted by Gasteiger charge is 2.27. The van der Waals surface area contributed by atoms with Gasteiger partial charge in [0.25, 0.3) is 20.0 Å². The Morgan fingerprint density at radius 3 is 2.08 bits per heavy atom. The van der Waals surface area contributed by atoms with Crippen LogP contribution in [0.1, 0.15) is 6.92 Å². The van der Waals surface area contributed by atoms with Crippen molar-refractivity contribution in [3.05, 3.63) is 103 Å². The molecule has 1 aromatic heterocycles. The summed E-state index contributed by atoms with van der Waals surface area (Å²) >= 11 is 0. The number of rotatable bonds is 11. The fraction of sp³-hybridized carbons (Fsp3) is 0.111. The van der Waals surface area contributed by atoms with Gasteiger partial charge >= 0.3 is 0 Å². The molecule has 3 aromatic carbocycles. The van der Waals surface area contributed by atoms with Gasteiger partial charge in [-0.15, -0.1) is 0 Å². The Morgan fingerprint density at radius 1 is 0.821 bits per heavy atom. The summed E-state index contributed by atoms with van der Waals surface area (Å²) < 4.78 is 61.1. The summed E-state index contributed by atoms with van der Waals surface area (Å²) in [6.45, 7) is 1.75. The Morgan fingerprint density at radius 2 is 1.46 bits per heavy atom. The van der Waals surface area contributed by atoms with Crippen LogP contribution in [0.5, 0.6) is 5.75 Å². The Balaban J connectivity index is 1.51. The molecule has 0 saturated heterocycles. The van der Waals surface area contributed by atoms with Crippen LogP contribution in [0.15, 0.2) is 113 Å². The first kappa shape index (κ1) is 27.6. The second-order valence-corrected chi connectivity index (χ2v) is 11.7. The minimum absolute atomic E-state index is 0.00225. The monoisotopic (exact) mass is 566 g/mol. The summed E-state index contributed by atoms with van der Waals surface area (Å²) in [6.07, 6.45) is 1.46. The number of carbonyl (C=O) groups excluding carboxylic acids is 1. The normalized spacial score (nSPS) is 11.4. The quantitative estimate of drug-likeness (QED) is 0.279. The molecule has 0 fully saturated rings. The lowest BCUT2D eigenvalue weighted by Crippen LogP contribution is -2.38. The highest BCUT2D eigenvalue weighted by atomic mass is 32.2. The van der Waals surface area contributed by atoms with Gasteiger partial charge in [-0.3, -0.25) is 13.8 Å². The third-order valence-electron chi connectivity index (χ3n) is 5.41. The van der Waals surface area contributed by atoms with Crippen LogP contribution in [0.25, 0.3) is 0 Å². The standard InChI is InChI=1S/C27H26N4O6S2/c1-2-37-23-13-17-25(18-14-23)39(35,36)31(22-8-4-3-5-9-22)20-27(32)29-21-11-15-24(16-12-21)38(33,34)30-26-10-6-7-19-28-26/h3-19H,2,20H2,1H3,(H,28,30)(H,29,32). The lowest BCUT2D eigenvalue weighted by molar-refractivity contribution is -0.114. The molecule has 10 nitrogen and oxygen atoms in total. The van der Waals surface area contributed by atoms with Gasteiger partial charge in [-0.05, 0) is 79.7 Å². The molecule has 0 aliphatic heterocycles. The van der Waals surface area contributed by atoms with Gasteiger partial charge in [-0.1, -0.05) is 24.3 Å². The van der Waals surface area contributed by atoms with Crippen LogP contribution in [0.2, 0.25) is 0 Å². The van der Waals surface area contributed by atoms with Gasteiger partial charge in [0.05, 0.1) is 22.1 Å². The Bertz CT molecular complexity index is 1610. The summed E-state index contributed by atoms with van der Waals surface area (Å²) in [6, 6.07) is 24.5. The van der Waals surface area contributed by atoms with Gasteiger partial charge in [0.15, 0.2) is 0 Å². The number of benzene rings is 3. The van der Waals surface area contributed by atoms with Crippen molar-refractivity contribution < 1.29 is 26.4 Å². The molecule has 4 aromatic rings. The molecule has 1 heterocycles. The topological polar surface area (TPSA) is 135 Å². The smallest absolute Gasteiger partial charge is 0.264 e. The fourth-order valence-corrected chi connectivity index (χ4v) is 6.01. The van der Waals surface area contributed by atoms with Crippen LogP contribution >= 0.6 is 0 Å². The fourth-order valence-electron chi connectivity index (χ4n) is 3.58. The number of nitrogens with zero attached hydrogens (tertiary/aromatic N) is 2. The van der Waals surface area contributed by atoms with E-state index in [1.165, 1.54) is 48.7 Å². The summed E-state index contributed by atoms with van der Waals surface area (Å²) in [5.74, 6) is 0.0846. The summed E-state index contributed by atoms with van der Waals surface area (Å²) in [4.78, 5) is 16.9. The predicted molar refractivity (Wildman–Crippen MR) is 149 cm³/mol. The minimum Gasteiger partial charge on any atom is -0.494 e. The second kappa shape index (κ2) is 12.0. The number of anilines is 3. The van der Waals surface area contributed by atoms with Crippen molar-refractivity contribution in [1.82, 2.24) is 4.98 Å². The van der Waals surface area contributed by atoms with E-state index in [1.54, 1.807) is 54.6 Å². The number of sulfonamides is 2. The number of pyridine rings is 1.